The van der Waals surface area contributed by atoms with Crippen LogP contribution in [-0.4, -0.2) is 9.97 Å². The second-order valence-electron chi connectivity index (χ2n) is 4.65. The van der Waals surface area contributed by atoms with Crippen LogP contribution in [0.3, 0.4) is 0 Å². The minimum atomic E-state index is 0.675. The summed E-state index contributed by atoms with van der Waals surface area (Å²) in [7, 11) is 0. The predicted octanol–water partition coefficient (Wildman–Crippen LogP) is 4.42. The molecule has 0 fully saturated rings. The van der Waals surface area contributed by atoms with Crippen LogP contribution in [0.4, 0.5) is 5.69 Å². The minimum Gasteiger partial charge on any atom is -0.449 e. The van der Waals surface area contributed by atoms with Crippen molar-refractivity contribution in [3.8, 4) is 11.3 Å². The first-order chi connectivity index (χ1) is 10.2. The second-order valence-corrected chi connectivity index (χ2v) is 5.57. The quantitative estimate of drug-likeness (QED) is 0.761. The number of hydrogen-bond acceptors (Lipinski definition) is 4. The van der Waals surface area contributed by atoms with Crippen molar-refractivity contribution in [1.29, 1.82) is 0 Å². The van der Waals surface area contributed by atoms with Gasteiger partial charge in [0.05, 0.1) is 12.2 Å². The largest absolute Gasteiger partial charge is 0.449 e. The summed E-state index contributed by atoms with van der Waals surface area (Å²) in [6.07, 6.45) is 3.47. The molecule has 0 saturated carbocycles. The number of halogens is 1. The first-order valence-electron chi connectivity index (χ1n) is 6.57. The number of rotatable bonds is 4. The first-order valence-corrected chi connectivity index (χ1v) is 7.37. The Morgan fingerprint density at radius 3 is 2.57 bits per heavy atom. The number of aromatic nitrogens is 2. The van der Waals surface area contributed by atoms with Gasteiger partial charge in [0, 0.05) is 28.8 Å². The van der Waals surface area contributed by atoms with Gasteiger partial charge in [-0.2, -0.15) is 0 Å². The molecule has 3 rings (SSSR count). The highest BCUT2D eigenvalue weighted by atomic mass is 79.9. The van der Waals surface area contributed by atoms with Crippen LogP contribution in [0.15, 0.2) is 57.7 Å². The van der Waals surface area contributed by atoms with Gasteiger partial charge in [0.15, 0.2) is 5.89 Å². The van der Waals surface area contributed by atoms with Gasteiger partial charge in [-0.15, -0.1) is 0 Å². The van der Waals surface area contributed by atoms with Crippen LogP contribution in [0.25, 0.3) is 11.3 Å². The molecule has 3 aromatic rings. The van der Waals surface area contributed by atoms with E-state index in [-0.39, 0.29) is 0 Å². The SMILES string of the molecule is Cc1nc(-c2ccc(NCc3ccc(Br)cn3)cc2)co1. The summed E-state index contributed by atoms with van der Waals surface area (Å²) < 4.78 is 6.21. The highest BCUT2D eigenvalue weighted by Gasteiger charge is 2.03. The molecule has 1 aromatic carbocycles. The summed E-state index contributed by atoms with van der Waals surface area (Å²) >= 11 is 3.38. The van der Waals surface area contributed by atoms with Crippen LogP contribution in [0, 0.1) is 6.92 Å². The topological polar surface area (TPSA) is 51.0 Å². The average molecular weight is 344 g/mol. The molecule has 0 saturated heterocycles. The fraction of sp³-hybridized carbons (Fsp3) is 0.125. The molecule has 0 atom stereocenters. The Labute approximate surface area is 131 Å². The van der Waals surface area contributed by atoms with Gasteiger partial charge in [-0.05, 0) is 40.2 Å². The van der Waals surface area contributed by atoms with E-state index in [2.05, 4.69) is 31.2 Å². The third-order valence-corrected chi connectivity index (χ3v) is 3.53. The number of anilines is 1. The lowest BCUT2D eigenvalue weighted by Gasteiger charge is -2.06. The molecular weight excluding hydrogens is 330 g/mol. The van der Waals surface area contributed by atoms with Gasteiger partial charge in [0.2, 0.25) is 0 Å². The van der Waals surface area contributed by atoms with Crippen molar-refractivity contribution in [2.24, 2.45) is 0 Å². The van der Waals surface area contributed by atoms with E-state index in [4.69, 9.17) is 4.42 Å². The molecule has 0 aliphatic rings. The Bertz CT molecular complexity index is 720. The van der Waals surface area contributed by atoms with Crippen molar-refractivity contribution >= 4 is 21.6 Å². The molecule has 0 bridgehead atoms. The molecule has 106 valence electrons. The Hall–Kier alpha value is -2.14. The van der Waals surface area contributed by atoms with E-state index in [1.807, 2.05) is 43.3 Å². The van der Waals surface area contributed by atoms with Gasteiger partial charge < -0.3 is 9.73 Å². The van der Waals surface area contributed by atoms with Crippen molar-refractivity contribution in [3.05, 3.63) is 64.9 Å². The summed E-state index contributed by atoms with van der Waals surface area (Å²) in [5.74, 6) is 0.675. The summed E-state index contributed by atoms with van der Waals surface area (Å²) in [6, 6.07) is 12.1. The summed E-state index contributed by atoms with van der Waals surface area (Å²) in [5.41, 5.74) is 3.94. The molecule has 0 spiro atoms. The van der Waals surface area contributed by atoms with Crippen LogP contribution in [0.5, 0.6) is 0 Å². The van der Waals surface area contributed by atoms with Crippen molar-refractivity contribution < 1.29 is 4.42 Å². The number of nitrogens with one attached hydrogen (secondary N) is 1. The molecule has 2 aromatic heterocycles. The van der Waals surface area contributed by atoms with E-state index in [0.717, 1.165) is 27.1 Å². The monoisotopic (exact) mass is 343 g/mol. The lowest BCUT2D eigenvalue weighted by Crippen LogP contribution is -2.01. The maximum absolute atomic E-state index is 5.23. The molecule has 21 heavy (non-hydrogen) atoms. The Kier molecular flexibility index (Phi) is 4.01. The van der Waals surface area contributed by atoms with Crippen LogP contribution in [-0.2, 0) is 6.54 Å². The lowest BCUT2D eigenvalue weighted by molar-refractivity contribution is 0.521. The van der Waals surface area contributed by atoms with Gasteiger partial charge in [0.25, 0.3) is 0 Å². The molecular formula is C16H14BrN3O. The third-order valence-electron chi connectivity index (χ3n) is 3.06. The number of oxazole rings is 1. The van der Waals surface area contributed by atoms with Crippen molar-refractivity contribution in [2.45, 2.75) is 13.5 Å². The molecule has 4 nitrogen and oxygen atoms in total. The summed E-state index contributed by atoms with van der Waals surface area (Å²) in [5, 5.41) is 3.34. The van der Waals surface area contributed by atoms with E-state index in [1.54, 1.807) is 12.5 Å². The van der Waals surface area contributed by atoms with Gasteiger partial charge in [-0.25, -0.2) is 4.98 Å². The normalized spacial score (nSPS) is 10.6. The molecule has 2 heterocycles. The van der Waals surface area contributed by atoms with E-state index >= 15 is 0 Å². The zero-order valence-corrected chi connectivity index (χ0v) is 13.1. The maximum atomic E-state index is 5.23. The van der Waals surface area contributed by atoms with E-state index in [9.17, 15) is 0 Å². The predicted molar refractivity (Wildman–Crippen MR) is 85.9 cm³/mol. The molecule has 0 radical (unpaired) electrons. The van der Waals surface area contributed by atoms with E-state index in [1.165, 1.54) is 0 Å². The standard InChI is InChI=1S/C16H14BrN3O/c1-11-20-16(10-21-11)12-2-5-14(6-3-12)19-9-15-7-4-13(17)8-18-15/h2-8,10,19H,9H2,1H3. The van der Waals surface area contributed by atoms with Gasteiger partial charge in [-0.3, -0.25) is 4.98 Å². The van der Waals surface area contributed by atoms with Gasteiger partial charge >= 0.3 is 0 Å². The van der Waals surface area contributed by atoms with Crippen molar-refractivity contribution in [1.82, 2.24) is 9.97 Å². The zero-order chi connectivity index (χ0) is 14.7. The average Bonchev–Trinajstić information content (AvgIpc) is 2.94. The summed E-state index contributed by atoms with van der Waals surface area (Å²) in [4.78, 5) is 8.64. The minimum absolute atomic E-state index is 0.675. The number of hydrogen-bond donors (Lipinski definition) is 1. The highest BCUT2D eigenvalue weighted by Crippen LogP contribution is 2.21. The van der Waals surface area contributed by atoms with E-state index < -0.39 is 0 Å². The molecule has 0 aliphatic heterocycles. The second kappa shape index (κ2) is 6.10. The highest BCUT2D eigenvalue weighted by molar-refractivity contribution is 9.10. The zero-order valence-electron chi connectivity index (χ0n) is 11.5. The molecule has 0 aliphatic carbocycles. The first kappa shape index (κ1) is 13.8. The smallest absolute Gasteiger partial charge is 0.191 e. The number of pyridine rings is 1. The molecule has 1 N–H and O–H groups in total. The Morgan fingerprint density at radius 1 is 1.14 bits per heavy atom. The fourth-order valence-corrected chi connectivity index (χ4v) is 2.19. The van der Waals surface area contributed by atoms with Crippen LogP contribution >= 0.6 is 15.9 Å². The number of benzene rings is 1. The van der Waals surface area contributed by atoms with Crippen molar-refractivity contribution in [2.75, 3.05) is 5.32 Å². The maximum Gasteiger partial charge on any atom is 0.191 e. The number of aryl methyl sites for hydroxylation is 1. The van der Waals surface area contributed by atoms with Crippen LogP contribution < -0.4 is 5.32 Å². The lowest BCUT2D eigenvalue weighted by atomic mass is 10.1. The third kappa shape index (κ3) is 3.49. The van der Waals surface area contributed by atoms with Crippen molar-refractivity contribution in [3.63, 3.8) is 0 Å². The van der Waals surface area contributed by atoms with Gasteiger partial charge in [0.1, 0.15) is 12.0 Å². The van der Waals surface area contributed by atoms with E-state index in [0.29, 0.717) is 12.4 Å². The Morgan fingerprint density at radius 2 is 1.95 bits per heavy atom. The molecule has 5 heteroatoms. The van der Waals surface area contributed by atoms with Crippen LogP contribution in [0.1, 0.15) is 11.6 Å². The summed E-state index contributed by atoms with van der Waals surface area (Å²) in [6.45, 7) is 2.53. The van der Waals surface area contributed by atoms with Gasteiger partial charge in [-0.1, -0.05) is 12.1 Å². The molecule has 0 amide bonds. The fourth-order valence-electron chi connectivity index (χ4n) is 1.96. The Balaban J connectivity index is 1.65. The number of nitrogens with zero attached hydrogens (tertiary/aromatic N) is 2. The molecule has 0 unspecified atom stereocenters. The van der Waals surface area contributed by atoms with Crippen LogP contribution in [0.2, 0.25) is 0 Å².